The second-order valence-corrected chi connectivity index (χ2v) is 3.97. The molecule has 0 aliphatic carbocycles. The van der Waals surface area contributed by atoms with Crippen molar-refractivity contribution in [1.82, 2.24) is 4.90 Å². The van der Waals surface area contributed by atoms with Gasteiger partial charge in [0.2, 0.25) is 0 Å². The molecule has 4 heteroatoms. The van der Waals surface area contributed by atoms with Crippen LogP contribution >= 0.6 is 12.4 Å². The summed E-state index contributed by atoms with van der Waals surface area (Å²) in [6, 6.07) is 2.64. The molecular weight excluding hydrogens is 234 g/mol. The molecule has 0 heterocycles. The van der Waals surface area contributed by atoms with Crippen molar-refractivity contribution in [1.29, 1.82) is 0 Å². The highest BCUT2D eigenvalue weighted by Gasteiger charge is 1.86. The maximum absolute atomic E-state index is 3.99. The number of nitrogens with zero attached hydrogens (tertiary/aromatic N) is 3. The van der Waals surface area contributed by atoms with Gasteiger partial charge in [-0.25, -0.2) is 9.98 Å². The summed E-state index contributed by atoms with van der Waals surface area (Å²) in [5.41, 5.74) is 0. The minimum atomic E-state index is 0. The number of aliphatic imine (C=N–C) groups is 2. The predicted octanol–water partition coefficient (Wildman–Crippen LogP) is 3.75. The Kier molecular flexibility index (Phi) is 27.0. The molecule has 104 valence electrons. The van der Waals surface area contributed by atoms with Gasteiger partial charge in [0.15, 0.2) is 0 Å². The summed E-state index contributed by atoms with van der Waals surface area (Å²) >= 11 is 0. The van der Waals surface area contributed by atoms with E-state index >= 15 is 0 Å². The SMILES string of the molecule is CCCCC.CCN=C=NCCCN(C)C.Cl. The van der Waals surface area contributed by atoms with Gasteiger partial charge < -0.3 is 4.90 Å². The van der Waals surface area contributed by atoms with Gasteiger partial charge in [-0.1, -0.05) is 33.1 Å². The van der Waals surface area contributed by atoms with E-state index in [0.717, 1.165) is 26.1 Å². The van der Waals surface area contributed by atoms with E-state index in [-0.39, 0.29) is 12.4 Å². The zero-order chi connectivity index (χ0) is 12.6. The Hall–Kier alpha value is -0.370. The Morgan fingerprint density at radius 2 is 1.53 bits per heavy atom. The number of rotatable bonds is 7. The molecular formula is C13H30ClN3. The van der Waals surface area contributed by atoms with Gasteiger partial charge >= 0.3 is 0 Å². The summed E-state index contributed by atoms with van der Waals surface area (Å²) in [6.45, 7) is 9.09. The van der Waals surface area contributed by atoms with Crippen LogP contribution in [0.25, 0.3) is 0 Å². The summed E-state index contributed by atoms with van der Waals surface area (Å²) in [5, 5.41) is 0. The molecule has 0 aromatic heterocycles. The lowest BCUT2D eigenvalue weighted by atomic mass is 10.3. The molecule has 17 heavy (non-hydrogen) atoms. The molecule has 0 fully saturated rings. The largest absolute Gasteiger partial charge is 0.309 e. The van der Waals surface area contributed by atoms with E-state index in [1.54, 1.807) is 0 Å². The molecule has 0 amide bonds. The molecule has 0 spiro atoms. The Bertz CT molecular complexity index is 174. The summed E-state index contributed by atoms with van der Waals surface area (Å²) in [7, 11) is 4.12. The maximum Gasteiger partial charge on any atom is 0.0892 e. The Labute approximate surface area is 114 Å². The van der Waals surface area contributed by atoms with Crippen LogP contribution in [-0.2, 0) is 0 Å². The van der Waals surface area contributed by atoms with Crippen molar-refractivity contribution in [3.8, 4) is 0 Å². The van der Waals surface area contributed by atoms with Gasteiger partial charge in [0, 0.05) is 6.54 Å². The van der Waals surface area contributed by atoms with Crippen LogP contribution in [0.4, 0.5) is 0 Å². The number of halogens is 1. The van der Waals surface area contributed by atoms with Crippen LogP contribution < -0.4 is 0 Å². The van der Waals surface area contributed by atoms with Crippen molar-refractivity contribution in [2.24, 2.45) is 9.98 Å². The number of hydrogen-bond acceptors (Lipinski definition) is 3. The molecule has 0 saturated carbocycles. The number of unbranched alkanes of at least 4 members (excludes halogenated alkanes) is 2. The molecule has 0 aliphatic heterocycles. The van der Waals surface area contributed by atoms with Crippen molar-refractivity contribution in [2.45, 2.75) is 46.5 Å². The normalized spacial score (nSPS) is 8.59. The highest BCUT2D eigenvalue weighted by Crippen LogP contribution is 1.88. The molecule has 0 N–H and O–H groups in total. The molecule has 0 aromatic rings. The first kappa shape index (κ1) is 21.9. The second kappa shape index (κ2) is 21.0. The smallest absolute Gasteiger partial charge is 0.0892 e. The average molecular weight is 264 g/mol. The average Bonchev–Trinajstić information content (AvgIpc) is 2.25. The van der Waals surface area contributed by atoms with Gasteiger partial charge in [-0.3, -0.25) is 0 Å². The molecule has 0 radical (unpaired) electrons. The van der Waals surface area contributed by atoms with Crippen LogP contribution in [0.5, 0.6) is 0 Å². The van der Waals surface area contributed by atoms with E-state index in [0.29, 0.717) is 0 Å². The van der Waals surface area contributed by atoms with E-state index in [9.17, 15) is 0 Å². The monoisotopic (exact) mass is 263 g/mol. The van der Waals surface area contributed by atoms with Crippen LogP contribution in [0, 0.1) is 0 Å². The summed E-state index contributed by atoms with van der Waals surface area (Å²) in [6.07, 6.45) is 5.16. The third-order valence-electron chi connectivity index (χ3n) is 1.88. The Balaban J connectivity index is -0.000000280. The molecule has 0 unspecified atom stereocenters. The Morgan fingerprint density at radius 3 is 1.88 bits per heavy atom. The van der Waals surface area contributed by atoms with Crippen LogP contribution in [0.3, 0.4) is 0 Å². The van der Waals surface area contributed by atoms with E-state index < -0.39 is 0 Å². The number of hydrogen-bond donors (Lipinski definition) is 0. The zero-order valence-electron chi connectivity index (χ0n) is 12.2. The Morgan fingerprint density at radius 1 is 0.941 bits per heavy atom. The third-order valence-corrected chi connectivity index (χ3v) is 1.88. The van der Waals surface area contributed by atoms with E-state index in [2.05, 4.69) is 48.8 Å². The molecule has 0 aromatic carbocycles. The third kappa shape index (κ3) is 31.3. The molecule has 0 atom stereocenters. The van der Waals surface area contributed by atoms with Crippen molar-refractivity contribution in [3.63, 3.8) is 0 Å². The molecule has 0 rings (SSSR count). The predicted molar refractivity (Wildman–Crippen MR) is 80.9 cm³/mol. The molecule has 0 aliphatic rings. The van der Waals surface area contributed by atoms with Crippen molar-refractivity contribution < 1.29 is 0 Å². The first-order valence-corrected chi connectivity index (χ1v) is 6.41. The topological polar surface area (TPSA) is 28.0 Å². The summed E-state index contributed by atoms with van der Waals surface area (Å²) in [4.78, 5) is 9.99. The lowest BCUT2D eigenvalue weighted by molar-refractivity contribution is 0.403. The second-order valence-electron chi connectivity index (χ2n) is 3.97. The van der Waals surface area contributed by atoms with Gasteiger partial charge in [-0.15, -0.1) is 12.4 Å². The first-order valence-electron chi connectivity index (χ1n) is 6.41. The minimum absolute atomic E-state index is 0. The van der Waals surface area contributed by atoms with Crippen LogP contribution in [0.15, 0.2) is 9.98 Å². The first-order chi connectivity index (χ1) is 7.68. The summed E-state index contributed by atoms with van der Waals surface area (Å²) in [5.74, 6) is 0. The van der Waals surface area contributed by atoms with Gasteiger partial charge in [0.05, 0.1) is 12.6 Å². The van der Waals surface area contributed by atoms with Crippen LogP contribution in [0.2, 0.25) is 0 Å². The van der Waals surface area contributed by atoms with Crippen LogP contribution in [0.1, 0.15) is 46.5 Å². The highest BCUT2D eigenvalue weighted by atomic mass is 35.5. The lowest BCUT2D eigenvalue weighted by Gasteiger charge is -2.05. The van der Waals surface area contributed by atoms with Crippen LogP contribution in [-0.4, -0.2) is 44.6 Å². The van der Waals surface area contributed by atoms with Gasteiger partial charge in [0.1, 0.15) is 0 Å². The maximum atomic E-state index is 3.99. The van der Waals surface area contributed by atoms with Gasteiger partial charge in [0.25, 0.3) is 0 Å². The standard InChI is InChI=1S/C8H17N3.C5H12.ClH/c1-4-9-8-10-6-5-7-11(2)3;1-3-5-4-2;/h4-7H2,1-3H3;3-5H2,1-2H3;1H. The zero-order valence-corrected chi connectivity index (χ0v) is 13.0. The fourth-order valence-corrected chi connectivity index (χ4v) is 0.990. The molecule has 0 saturated heterocycles. The molecule has 0 bridgehead atoms. The van der Waals surface area contributed by atoms with Crippen molar-refractivity contribution in [3.05, 3.63) is 0 Å². The van der Waals surface area contributed by atoms with E-state index in [4.69, 9.17) is 0 Å². The fraction of sp³-hybridized carbons (Fsp3) is 0.923. The van der Waals surface area contributed by atoms with Gasteiger partial charge in [-0.05, 0) is 34.0 Å². The van der Waals surface area contributed by atoms with Crippen molar-refractivity contribution >= 4 is 18.4 Å². The highest BCUT2D eigenvalue weighted by molar-refractivity contribution is 5.85. The van der Waals surface area contributed by atoms with Gasteiger partial charge in [-0.2, -0.15) is 0 Å². The van der Waals surface area contributed by atoms with E-state index in [1.165, 1.54) is 19.3 Å². The van der Waals surface area contributed by atoms with Crippen molar-refractivity contribution in [2.75, 3.05) is 33.7 Å². The lowest BCUT2D eigenvalue weighted by Crippen LogP contribution is -2.13. The summed E-state index contributed by atoms with van der Waals surface area (Å²) < 4.78 is 0. The molecule has 3 nitrogen and oxygen atoms in total. The minimum Gasteiger partial charge on any atom is -0.309 e. The quantitative estimate of drug-likeness (QED) is 0.508. The van der Waals surface area contributed by atoms with E-state index in [1.807, 2.05) is 6.92 Å². The fourth-order valence-electron chi connectivity index (χ4n) is 0.990.